The summed E-state index contributed by atoms with van der Waals surface area (Å²) in [7, 11) is 0. The van der Waals surface area contributed by atoms with Crippen molar-refractivity contribution < 1.29 is 4.74 Å². The van der Waals surface area contributed by atoms with Crippen molar-refractivity contribution in [1.29, 1.82) is 0 Å². The number of ether oxygens (including phenoxy) is 1. The Morgan fingerprint density at radius 3 is 2.63 bits per heavy atom. The van der Waals surface area contributed by atoms with Gasteiger partial charge in [0.1, 0.15) is 0 Å². The van der Waals surface area contributed by atoms with Gasteiger partial charge in [0.05, 0.1) is 12.7 Å². The Labute approximate surface area is 121 Å². The smallest absolute Gasteiger partial charge is 0.0580 e. The average molecular weight is 276 g/mol. The van der Waals surface area contributed by atoms with Crippen LogP contribution < -0.4 is 0 Å². The summed E-state index contributed by atoms with van der Waals surface area (Å²) in [5, 5.41) is 0. The molecule has 2 aliphatic rings. The van der Waals surface area contributed by atoms with Gasteiger partial charge < -0.3 is 4.74 Å². The molecule has 0 saturated heterocycles. The van der Waals surface area contributed by atoms with Crippen molar-refractivity contribution in [3.63, 3.8) is 0 Å². The number of hydrogen-bond donors (Lipinski definition) is 0. The molecule has 1 nitrogen and oxygen atoms in total. The predicted molar refractivity (Wildman–Crippen MR) is 81.8 cm³/mol. The van der Waals surface area contributed by atoms with Crippen LogP contribution in [-0.4, -0.2) is 18.5 Å². The highest BCUT2D eigenvalue weighted by Crippen LogP contribution is 2.40. The monoisotopic (exact) mass is 276 g/mol. The molecule has 1 aliphatic carbocycles. The molecule has 0 spiro atoms. The second-order valence-electron chi connectivity index (χ2n) is 6.42. The van der Waals surface area contributed by atoms with E-state index in [-0.39, 0.29) is 0 Å². The van der Waals surface area contributed by atoms with Gasteiger partial charge in [0.15, 0.2) is 0 Å². The van der Waals surface area contributed by atoms with Crippen molar-refractivity contribution in [2.24, 2.45) is 11.8 Å². The molecule has 3 rings (SSSR count). The van der Waals surface area contributed by atoms with Crippen molar-refractivity contribution in [1.82, 2.24) is 0 Å². The van der Waals surface area contributed by atoms with Crippen LogP contribution in [0.4, 0.5) is 0 Å². The second kappa shape index (κ2) is 5.88. The SMILES string of the molecule is CC1CC(C)CC(OCC2CSc3ccccc32)C1. The Bertz CT molecular complexity index is 421. The van der Waals surface area contributed by atoms with E-state index in [0.717, 1.165) is 18.4 Å². The predicted octanol–water partition coefficient (Wildman–Crippen LogP) is 4.72. The number of thioether (sulfide) groups is 1. The van der Waals surface area contributed by atoms with E-state index >= 15 is 0 Å². The number of fused-ring (bicyclic) bond motifs is 1. The molecule has 3 atom stereocenters. The summed E-state index contributed by atoms with van der Waals surface area (Å²) in [6.45, 7) is 5.65. The Hall–Kier alpha value is -0.470. The zero-order valence-electron chi connectivity index (χ0n) is 12.0. The Morgan fingerprint density at radius 1 is 1.11 bits per heavy atom. The van der Waals surface area contributed by atoms with E-state index < -0.39 is 0 Å². The van der Waals surface area contributed by atoms with Crippen LogP contribution in [-0.2, 0) is 4.74 Å². The molecule has 1 aromatic rings. The minimum Gasteiger partial charge on any atom is -0.378 e. The van der Waals surface area contributed by atoms with Crippen molar-refractivity contribution in [2.75, 3.05) is 12.4 Å². The summed E-state index contributed by atoms with van der Waals surface area (Å²) in [6, 6.07) is 8.81. The van der Waals surface area contributed by atoms with Gasteiger partial charge in [-0.2, -0.15) is 0 Å². The maximum absolute atomic E-state index is 6.25. The fraction of sp³-hybridized carbons (Fsp3) is 0.647. The third kappa shape index (κ3) is 3.17. The van der Waals surface area contributed by atoms with E-state index in [9.17, 15) is 0 Å². The molecule has 1 heterocycles. The van der Waals surface area contributed by atoms with Crippen LogP contribution in [0.15, 0.2) is 29.2 Å². The molecule has 3 unspecified atom stereocenters. The quantitative estimate of drug-likeness (QED) is 0.790. The molecule has 104 valence electrons. The molecule has 0 N–H and O–H groups in total. The molecule has 0 bridgehead atoms. The lowest BCUT2D eigenvalue weighted by Gasteiger charge is -2.32. The first-order valence-corrected chi connectivity index (χ1v) is 8.54. The molecule has 0 radical (unpaired) electrons. The van der Waals surface area contributed by atoms with Gasteiger partial charge in [-0.3, -0.25) is 0 Å². The van der Waals surface area contributed by atoms with E-state index in [4.69, 9.17) is 4.74 Å². The van der Waals surface area contributed by atoms with Gasteiger partial charge in [0.25, 0.3) is 0 Å². The molecule has 1 aliphatic heterocycles. The van der Waals surface area contributed by atoms with Crippen molar-refractivity contribution in [3.8, 4) is 0 Å². The Morgan fingerprint density at radius 2 is 1.84 bits per heavy atom. The topological polar surface area (TPSA) is 9.23 Å². The number of benzene rings is 1. The lowest BCUT2D eigenvalue weighted by atomic mass is 9.82. The van der Waals surface area contributed by atoms with Crippen LogP contribution in [0.2, 0.25) is 0 Å². The Balaban J connectivity index is 1.56. The summed E-state index contributed by atoms with van der Waals surface area (Å²) in [6.07, 6.45) is 4.39. The maximum Gasteiger partial charge on any atom is 0.0580 e. The number of rotatable bonds is 3. The molecule has 0 aromatic heterocycles. The fourth-order valence-electron chi connectivity index (χ4n) is 3.63. The summed E-state index contributed by atoms with van der Waals surface area (Å²) in [5.41, 5.74) is 1.50. The van der Waals surface area contributed by atoms with Crippen LogP contribution in [0.5, 0.6) is 0 Å². The molecule has 0 amide bonds. The molecule has 1 saturated carbocycles. The zero-order chi connectivity index (χ0) is 13.2. The van der Waals surface area contributed by atoms with Crippen LogP contribution in [0.1, 0.15) is 44.6 Å². The summed E-state index contributed by atoms with van der Waals surface area (Å²) in [5.74, 6) is 3.46. The molecule has 19 heavy (non-hydrogen) atoms. The van der Waals surface area contributed by atoms with Crippen molar-refractivity contribution in [2.45, 2.75) is 50.0 Å². The molecular weight excluding hydrogens is 252 g/mol. The standard InChI is InChI=1S/C17H24OS/c1-12-7-13(2)9-15(8-12)18-10-14-11-19-17-6-4-3-5-16(14)17/h3-6,12-15H,7-11H2,1-2H3. The van der Waals surface area contributed by atoms with Gasteiger partial charge >= 0.3 is 0 Å². The van der Waals surface area contributed by atoms with Crippen molar-refractivity contribution >= 4 is 11.8 Å². The highest BCUT2D eigenvalue weighted by Gasteiger charge is 2.27. The first-order valence-electron chi connectivity index (χ1n) is 7.55. The van der Waals surface area contributed by atoms with Gasteiger partial charge in [0, 0.05) is 16.6 Å². The van der Waals surface area contributed by atoms with Gasteiger partial charge in [-0.25, -0.2) is 0 Å². The normalized spacial score (nSPS) is 34.2. The lowest BCUT2D eigenvalue weighted by Crippen LogP contribution is -2.27. The van der Waals surface area contributed by atoms with E-state index in [2.05, 4.69) is 38.1 Å². The Kier molecular flexibility index (Phi) is 4.18. The zero-order valence-corrected chi connectivity index (χ0v) is 12.8. The highest BCUT2D eigenvalue weighted by molar-refractivity contribution is 7.99. The molecule has 2 heteroatoms. The van der Waals surface area contributed by atoms with Gasteiger partial charge in [-0.15, -0.1) is 11.8 Å². The van der Waals surface area contributed by atoms with Crippen LogP contribution in [0.3, 0.4) is 0 Å². The minimum atomic E-state index is 0.497. The minimum absolute atomic E-state index is 0.497. The van der Waals surface area contributed by atoms with Gasteiger partial charge in [-0.1, -0.05) is 32.0 Å². The van der Waals surface area contributed by atoms with E-state index in [1.807, 2.05) is 11.8 Å². The summed E-state index contributed by atoms with van der Waals surface area (Å²) in [4.78, 5) is 1.46. The fourth-order valence-corrected chi connectivity index (χ4v) is 4.86. The summed E-state index contributed by atoms with van der Waals surface area (Å²) >= 11 is 1.98. The van der Waals surface area contributed by atoms with Crippen LogP contribution in [0, 0.1) is 11.8 Å². The van der Waals surface area contributed by atoms with E-state index in [0.29, 0.717) is 12.0 Å². The lowest BCUT2D eigenvalue weighted by molar-refractivity contribution is -0.00360. The average Bonchev–Trinajstić information content (AvgIpc) is 2.78. The largest absolute Gasteiger partial charge is 0.378 e. The summed E-state index contributed by atoms with van der Waals surface area (Å²) < 4.78 is 6.25. The van der Waals surface area contributed by atoms with Gasteiger partial charge in [-0.05, 0) is 42.7 Å². The van der Waals surface area contributed by atoms with Crippen LogP contribution in [0.25, 0.3) is 0 Å². The van der Waals surface area contributed by atoms with Crippen LogP contribution >= 0.6 is 11.8 Å². The molecular formula is C17H24OS. The van der Waals surface area contributed by atoms with Gasteiger partial charge in [0.2, 0.25) is 0 Å². The first-order chi connectivity index (χ1) is 9.22. The molecule has 1 aromatic carbocycles. The number of hydrogen-bond acceptors (Lipinski definition) is 2. The van der Waals surface area contributed by atoms with E-state index in [1.54, 1.807) is 0 Å². The van der Waals surface area contributed by atoms with Crippen molar-refractivity contribution in [3.05, 3.63) is 29.8 Å². The third-order valence-corrected chi connectivity index (χ3v) is 5.72. The maximum atomic E-state index is 6.25. The van der Waals surface area contributed by atoms with E-state index in [1.165, 1.54) is 35.5 Å². The molecule has 1 fully saturated rings. The third-order valence-electron chi connectivity index (χ3n) is 4.47. The second-order valence-corrected chi connectivity index (χ2v) is 7.48. The highest BCUT2D eigenvalue weighted by atomic mass is 32.2. The first kappa shape index (κ1) is 13.5.